The maximum atomic E-state index is 12.9. The van der Waals surface area contributed by atoms with Crippen LogP contribution in [0.15, 0.2) is 60.7 Å². The first kappa shape index (κ1) is 25.5. The molecule has 39 heavy (non-hydrogen) atoms. The lowest BCUT2D eigenvalue weighted by Crippen LogP contribution is -2.50. The van der Waals surface area contributed by atoms with Crippen LogP contribution in [0.3, 0.4) is 0 Å². The molecule has 4 amide bonds. The number of nitrogens with two attached hydrogens (primary N) is 1. The van der Waals surface area contributed by atoms with Crippen molar-refractivity contribution in [2.24, 2.45) is 0 Å². The van der Waals surface area contributed by atoms with E-state index in [1.165, 1.54) is 6.92 Å². The highest BCUT2D eigenvalue weighted by molar-refractivity contribution is 6.25. The SMILES string of the molecule is CC(=O)N1CCN(C(=O)c2ccc(/C=C/c3cc(C#Cc4ccccc4)c(N)c4c3C(=O)NC4=O)cc2)CC1. The van der Waals surface area contributed by atoms with Gasteiger partial charge in [0.1, 0.15) is 0 Å². The Kier molecular flexibility index (Phi) is 6.98. The second kappa shape index (κ2) is 10.7. The van der Waals surface area contributed by atoms with Crippen LogP contribution >= 0.6 is 0 Å². The number of nitrogens with zero attached hydrogens (tertiary/aromatic N) is 2. The molecule has 0 radical (unpaired) electrons. The second-order valence-corrected chi connectivity index (χ2v) is 9.33. The summed E-state index contributed by atoms with van der Waals surface area (Å²) in [6.07, 6.45) is 3.54. The number of fused-ring (bicyclic) bond motifs is 1. The van der Waals surface area contributed by atoms with Gasteiger partial charge in [-0.05, 0) is 41.5 Å². The number of hydrogen-bond donors (Lipinski definition) is 2. The van der Waals surface area contributed by atoms with E-state index in [0.717, 1.165) is 11.1 Å². The lowest BCUT2D eigenvalue weighted by molar-refractivity contribution is -0.130. The molecule has 0 aliphatic carbocycles. The molecule has 0 atom stereocenters. The lowest BCUT2D eigenvalue weighted by atomic mass is 9.95. The number of nitrogens with one attached hydrogen (secondary N) is 1. The quantitative estimate of drug-likeness (QED) is 0.240. The molecule has 3 N–H and O–H groups in total. The van der Waals surface area contributed by atoms with Crippen LogP contribution in [0.5, 0.6) is 0 Å². The number of piperazine rings is 1. The molecule has 0 bridgehead atoms. The molecular weight excluding hydrogens is 492 g/mol. The van der Waals surface area contributed by atoms with Crippen molar-refractivity contribution >= 4 is 41.5 Å². The van der Waals surface area contributed by atoms with E-state index in [4.69, 9.17) is 5.73 Å². The number of anilines is 1. The first-order chi connectivity index (χ1) is 18.8. The molecule has 8 heteroatoms. The highest BCUT2D eigenvalue weighted by Crippen LogP contribution is 2.30. The molecule has 8 nitrogen and oxygen atoms in total. The number of imide groups is 1. The Morgan fingerprint density at radius 3 is 2.15 bits per heavy atom. The summed E-state index contributed by atoms with van der Waals surface area (Å²) in [6.45, 7) is 3.59. The number of benzene rings is 3. The molecule has 1 fully saturated rings. The van der Waals surface area contributed by atoms with Crippen LogP contribution in [0.1, 0.15) is 60.3 Å². The van der Waals surface area contributed by atoms with Crippen molar-refractivity contribution in [3.63, 3.8) is 0 Å². The fraction of sp³-hybridized carbons (Fsp3) is 0.161. The average molecular weight is 519 g/mol. The van der Waals surface area contributed by atoms with E-state index in [2.05, 4.69) is 17.2 Å². The monoisotopic (exact) mass is 518 g/mol. The van der Waals surface area contributed by atoms with Crippen molar-refractivity contribution in [2.75, 3.05) is 31.9 Å². The topological polar surface area (TPSA) is 113 Å². The number of nitrogen functional groups attached to an aromatic ring is 1. The summed E-state index contributed by atoms with van der Waals surface area (Å²) in [7, 11) is 0. The van der Waals surface area contributed by atoms with E-state index < -0.39 is 11.8 Å². The van der Waals surface area contributed by atoms with Crippen LogP contribution in [0, 0.1) is 11.8 Å². The predicted molar refractivity (Wildman–Crippen MR) is 149 cm³/mol. The zero-order chi connectivity index (χ0) is 27.5. The third kappa shape index (κ3) is 5.29. The molecule has 0 unspecified atom stereocenters. The number of carbonyl (C=O) groups excluding carboxylic acids is 4. The number of rotatable bonds is 3. The molecule has 3 aromatic rings. The summed E-state index contributed by atoms with van der Waals surface area (Å²) in [5, 5.41) is 2.32. The maximum Gasteiger partial charge on any atom is 0.261 e. The molecule has 0 aromatic heterocycles. The molecule has 5 rings (SSSR count). The fourth-order valence-electron chi connectivity index (χ4n) is 4.65. The van der Waals surface area contributed by atoms with Crippen LogP contribution in [0.4, 0.5) is 5.69 Å². The fourth-order valence-corrected chi connectivity index (χ4v) is 4.65. The van der Waals surface area contributed by atoms with E-state index in [1.807, 2.05) is 42.5 Å². The van der Waals surface area contributed by atoms with E-state index in [1.54, 1.807) is 40.2 Å². The lowest BCUT2D eigenvalue weighted by Gasteiger charge is -2.34. The largest absolute Gasteiger partial charge is 0.397 e. The molecular formula is C31H26N4O4. The average Bonchev–Trinajstić information content (AvgIpc) is 3.26. The molecule has 3 aromatic carbocycles. The van der Waals surface area contributed by atoms with Gasteiger partial charge in [0.25, 0.3) is 17.7 Å². The van der Waals surface area contributed by atoms with Crippen molar-refractivity contribution in [1.29, 1.82) is 0 Å². The minimum atomic E-state index is -0.544. The zero-order valence-corrected chi connectivity index (χ0v) is 21.4. The van der Waals surface area contributed by atoms with Crippen molar-refractivity contribution in [3.05, 3.63) is 99.6 Å². The summed E-state index contributed by atoms with van der Waals surface area (Å²) in [6, 6.07) is 18.2. The minimum absolute atomic E-state index is 0.0159. The summed E-state index contributed by atoms with van der Waals surface area (Å²) in [5.41, 5.74) is 9.90. The van der Waals surface area contributed by atoms with Gasteiger partial charge in [-0.25, -0.2) is 0 Å². The van der Waals surface area contributed by atoms with E-state index in [-0.39, 0.29) is 28.6 Å². The molecule has 2 aliphatic heterocycles. The first-order valence-electron chi connectivity index (χ1n) is 12.5. The van der Waals surface area contributed by atoms with Gasteiger partial charge in [-0.2, -0.15) is 0 Å². The highest BCUT2D eigenvalue weighted by atomic mass is 16.2. The van der Waals surface area contributed by atoms with Gasteiger partial charge in [0, 0.05) is 49.8 Å². The molecule has 194 valence electrons. The highest BCUT2D eigenvalue weighted by Gasteiger charge is 2.32. The van der Waals surface area contributed by atoms with Crippen molar-refractivity contribution in [2.45, 2.75) is 6.92 Å². The Morgan fingerprint density at radius 2 is 1.49 bits per heavy atom. The Morgan fingerprint density at radius 1 is 0.846 bits per heavy atom. The summed E-state index contributed by atoms with van der Waals surface area (Å²) >= 11 is 0. The number of hydrogen-bond acceptors (Lipinski definition) is 5. The van der Waals surface area contributed by atoms with Crippen molar-refractivity contribution in [1.82, 2.24) is 15.1 Å². The van der Waals surface area contributed by atoms with Crippen LogP contribution < -0.4 is 11.1 Å². The van der Waals surface area contributed by atoms with E-state index in [9.17, 15) is 19.2 Å². The molecule has 0 spiro atoms. The normalized spacial score (nSPS) is 14.6. The van der Waals surface area contributed by atoms with Crippen LogP contribution in [0.2, 0.25) is 0 Å². The van der Waals surface area contributed by atoms with Gasteiger partial charge in [-0.15, -0.1) is 0 Å². The zero-order valence-electron chi connectivity index (χ0n) is 21.4. The van der Waals surface area contributed by atoms with Crippen LogP contribution in [-0.4, -0.2) is 59.6 Å². The van der Waals surface area contributed by atoms with Gasteiger partial charge in [-0.3, -0.25) is 24.5 Å². The number of carbonyl (C=O) groups is 4. The van der Waals surface area contributed by atoms with Crippen LogP contribution in [-0.2, 0) is 4.79 Å². The van der Waals surface area contributed by atoms with Crippen LogP contribution in [0.25, 0.3) is 12.2 Å². The Bertz CT molecular complexity index is 1570. The Hall–Kier alpha value is -5.16. The van der Waals surface area contributed by atoms with Gasteiger partial charge < -0.3 is 15.5 Å². The molecule has 0 saturated carbocycles. The predicted octanol–water partition coefficient (Wildman–Crippen LogP) is 3.03. The summed E-state index contributed by atoms with van der Waals surface area (Å²) < 4.78 is 0. The van der Waals surface area contributed by atoms with Gasteiger partial charge in [0.2, 0.25) is 5.91 Å². The van der Waals surface area contributed by atoms with Gasteiger partial charge in [0.05, 0.1) is 16.8 Å². The molecule has 1 saturated heterocycles. The molecule has 2 aliphatic rings. The number of amides is 4. The van der Waals surface area contributed by atoms with Gasteiger partial charge in [0.15, 0.2) is 0 Å². The summed E-state index contributed by atoms with van der Waals surface area (Å²) in [5.74, 6) is 4.96. The summed E-state index contributed by atoms with van der Waals surface area (Å²) in [4.78, 5) is 53.0. The van der Waals surface area contributed by atoms with E-state index in [0.29, 0.717) is 42.9 Å². The standard InChI is InChI=1S/C31H26N4O4/c1-20(36)34-15-17-35(18-16-34)31(39)23-11-7-22(8-12-23)9-13-24-19-25(14-10-21-5-3-2-4-6-21)28(32)27-26(24)29(37)33-30(27)38/h2-9,11-13,19H,15-18,32H2,1H3,(H,33,37,38)/b13-9+. The van der Waals surface area contributed by atoms with Crippen molar-refractivity contribution < 1.29 is 19.2 Å². The van der Waals surface area contributed by atoms with Gasteiger partial charge >= 0.3 is 0 Å². The third-order valence-corrected chi connectivity index (χ3v) is 6.82. The van der Waals surface area contributed by atoms with Crippen molar-refractivity contribution in [3.8, 4) is 11.8 Å². The molecule has 2 heterocycles. The maximum absolute atomic E-state index is 12.9. The smallest absolute Gasteiger partial charge is 0.261 e. The Labute approximate surface area is 226 Å². The Balaban J connectivity index is 1.39. The van der Waals surface area contributed by atoms with Gasteiger partial charge in [-0.1, -0.05) is 54.3 Å². The van der Waals surface area contributed by atoms with E-state index >= 15 is 0 Å². The third-order valence-electron chi connectivity index (χ3n) is 6.82. The minimum Gasteiger partial charge on any atom is -0.397 e. The second-order valence-electron chi connectivity index (χ2n) is 9.33. The first-order valence-corrected chi connectivity index (χ1v) is 12.5.